The molecule has 5 heteroatoms. The minimum Gasteiger partial charge on any atom is -0.271 e. The van der Waals surface area contributed by atoms with E-state index in [0.29, 0.717) is 11.7 Å². The molecule has 1 unspecified atom stereocenters. The summed E-state index contributed by atoms with van der Waals surface area (Å²) in [7, 11) is 0. The Morgan fingerprint density at radius 2 is 2.18 bits per heavy atom. The summed E-state index contributed by atoms with van der Waals surface area (Å²) in [6, 6.07) is 5.01. The van der Waals surface area contributed by atoms with Crippen molar-refractivity contribution in [1.82, 2.24) is 5.43 Å². The zero-order valence-corrected chi connectivity index (χ0v) is 11.6. The van der Waals surface area contributed by atoms with Crippen molar-refractivity contribution in [3.63, 3.8) is 0 Å². The first-order valence-corrected chi connectivity index (χ1v) is 6.97. The standard InChI is InChI=1S/C12H18ClFN2S/c1-8(2)17-7-10(16-15)5-9-3-4-11(13)12(14)6-9/h3-4,6,8,10,16H,5,7,15H2,1-2H3. The number of halogens is 2. The largest absolute Gasteiger partial charge is 0.271 e. The summed E-state index contributed by atoms with van der Waals surface area (Å²) >= 11 is 7.46. The lowest BCUT2D eigenvalue weighted by atomic mass is 10.1. The lowest BCUT2D eigenvalue weighted by Crippen LogP contribution is -2.39. The summed E-state index contributed by atoms with van der Waals surface area (Å²) in [4.78, 5) is 0. The smallest absolute Gasteiger partial charge is 0.142 e. The molecule has 0 saturated heterocycles. The molecule has 17 heavy (non-hydrogen) atoms. The minimum absolute atomic E-state index is 0.142. The molecule has 0 fully saturated rings. The molecule has 2 nitrogen and oxygen atoms in total. The van der Waals surface area contributed by atoms with Gasteiger partial charge in [0.1, 0.15) is 5.82 Å². The molecule has 0 radical (unpaired) electrons. The molecular formula is C12H18ClFN2S. The van der Waals surface area contributed by atoms with Crippen LogP contribution in [0.1, 0.15) is 19.4 Å². The molecule has 0 saturated carbocycles. The molecule has 0 amide bonds. The van der Waals surface area contributed by atoms with Crippen molar-refractivity contribution < 1.29 is 4.39 Å². The quantitative estimate of drug-likeness (QED) is 0.620. The van der Waals surface area contributed by atoms with Crippen molar-refractivity contribution in [2.45, 2.75) is 31.6 Å². The molecule has 0 aliphatic carbocycles. The van der Waals surface area contributed by atoms with Crippen molar-refractivity contribution in [2.75, 3.05) is 5.75 Å². The third kappa shape index (κ3) is 5.25. The van der Waals surface area contributed by atoms with Gasteiger partial charge in [-0.1, -0.05) is 31.5 Å². The molecule has 1 rings (SSSR count). The monoisotopic (exact) mass is 276 g/mol. The molecule has 1 aromatic rings. The highest BCUT2D eigenvalue weighted by atomic mass is 35.5. The highest BCUT2D eigenvalue weighted by Crippen LogP contribution is 2.18. The molecular weight excluding hydrogens is 259 g/mol. The molecule has 0 bridgehead atoms. The van der Waals surface area contributed by atoms with Crippen molar-refractivity contribution >= 4 is 23.4 Å². The van der Waals surface area contributed by atoms with Gasteiger partial charge in [0.25, 0.3) is 0 Å². The summed E-state index contributed by atoms with van der Waals surface area (Å²) < 4.78 is 13.3. The average Bonchev–Trinajstić information content (AvgIpc) is 2.28. The second kappa shape index (κ2) is 7.21. The van der Waals surface area contributed by atoms with Crippen LogP contribution in [0.4, 0.5) is 4.39 Å². The topological polar surface area (TPSA) is 38.0 Å². The maximum Gasteiger partial charge on any atom is 0.142 e. The number of benzene rings is 1. The fraction of sp³-hybridized carbons (Fsp3) is 0.500. The van der Waals surface area contributed by atoms with Crippen molar-refractivity contribution in [3.8, 4) is 0 Å². The van der Waals surface area contributed by atoms with Crippen LogP contribution in [0.25, 0.3) is 0 Å². The van der Waals surface area contributed by atoms with E-state index >= 15 is 0 Å². The Hall–Kier alpha value is -0.290. The van der Waals surface area contributed by atoms with Gasteiger partial charge in [0, 0.05) is 11.8 Å². The third-order valence-corrected chi connectivity index (χ3v) is 3.90. The number of rotatable bonds is 6. The first-order valence-electron chi connectivity index (χ1n) is 5.54. The fourth-order valence-corrected chi connectivity index (χ4v) is 2.37. The number of hydrogen-bond donors (Lipinski definition) is 2. The van der Waals surface area contributed by atoms with E-state index in [1.165, 1.54) is 6.07 Å². The molecule has 96 valence electrons. The van der Waals surface area contributed by atoms with Crippen LogP contribution in [0, 0.1) is 5.82 Å². The Bertz CT molecular complexity index is 360. The van der Waals surface area contributed by atoms with Gasteiger partial charge in [0.2, 0.25) is 0 Å². The molecule has 1 aromatic carbocycles. The zero-order valence-electron chi connectivity index (χ0n) is 10.0. The lowest BCUT2D eigenvalue weighted by Gasteiger charge is -2.17. The SMILES string of the molecule is CC(C)SCC(Cc1ccc(Cl)c(F)c1)NN. The van der Waals surface area contributed by atoms with Crippen LogP contribution < -0.4 is 11.3 Å². The number of hydrogen-bond acceptors (Lipinski definition) is 3. The van der Waals surface area contributed by atoms with Gasteiger partial charge >= 0.3 is 0 Å². The van der Waals surface area contributed by atoms with E-state index in [1.54, 1.807) is 6.07 Å². The third-order valence-electron chi connectivity index (χ3n) is 2.33. The molecule has 0 heterocycles. The molecule has 3 N–H and O–H groups in total. The summed E-state index contributed by atoms with van der Waals surface area (Å²) in [5.74, 6) is 6.01. The Labute approximate surface area is 111 Å². The molecule has 0 aromatic heterocycles. The average molecular weight is 277 g/mol. The maximum absolute atomic E-state index is 13.3. The van der Waals surface area contributed by atoms with E-state index in [1.807, 2.05) is 17.8 Å². The Kier molecular flexibility index (Phi) is 6.27. The number of thioether (sulfide) groups is 1. The minimum atomic E-state index is -0.378. The fourth-order valence-electron chi connectivity index (χ4n) is 1.43. The maximum atomic E-state index is 13.3. The van der Waals surface area contributed by atoms with Crippen LogP contribution in [0.5, 0.6) is 0 Å². The van der Waals surface area contributed by atoms with Crippen LogP contribution in [-0.2, 0) is 6.42 Å². The van der Waals surface area contributed by atoms with Crippen LogP contribution in [0.2, 0.25) is 5.02 Å². The highest BCUT2D eigenvalue weighted by Gasteiger charge is 2.10. The van der Waals surface area contributed by atoms with Crippen molar-refractivity contribution in [2.24, 2.45) is 5.84 Å². The highest BCUT2D eigenvalue weighted by molar-refractivity contribution is 7.99. The first kappa shape index (κ1) is 14.8. The normalized spacial score (nSPS) is 13.1. The summed E-state index contributed by atoms with van der Waals surface area (Å²) in [6.07, 6.45) is 0.699. The second-order valence-corrected chi connectivity index (χ2v) is 6.21. The zero-order chi connectivity index (χ0) is 12.8. The van der Waals surface area contributed by atoms with Gasteiger partial charge < -0.3 is 0 Å². The Balaban J connectivity index is 2.57. The molecule has 0 aliphatic heterocycles. The lowest BCUT2D eigenvalue weighted by molar-refractivity contribution is 0.570. The summed E-state index contributed by atoms with van der Waals surface area (Å²) in [5.41, 5.74) is 3.67. The second-order valence-electron chi connectivity index (χ2n) is 4.20. The molecule has 1 atom stereocenters. The van der Waals surface area contributed by atoms with Crippen molar-refractivity contribution in [1.29, 1.82) is 0 Å². The van der Waals surface area contributed by atoms with Gasteiger partial charge in [-0.15, -0.1) is 0 Å². The van der Waals surface area contributed by atoms with Crippen LogP contribution in [0.3, 0.4) is 0 Å². The Morgan fingerprint density at radius 1 is 1.47 bits per heavy atom. The van der Waals surface area contributed by atoms with Gasteiger partial charge in [0.15, 0.2) is 0 Å². The van der Waals surface area contributed by atoms with Gasteiger partial charge in [-0.25, -0.2) is 4.39 Å². The summed E-state index contributed by atoms with van der Waals surface area (Å²) in [5, 5.41) is 0.718. The predicted molar refractivity (Wildman–Crippen MR) is 73.8 cm³/mol. The van der Waals surface area contributed by atoms with Crippen LogP contribution in [-0.4, -0.2) is 17.0 Å². The van der Waals surface area contributed by atoms with Gasteiger partial charge in [-0.3, -0.25) is 11.3 Å². The van der Waals surface area contributed by atoms with E-state index in [2.05, 4.69) is 19.3 Å². The van der Waals surface area contributed by atoms with Gasteiger partial charge in [0.05, 0.1) is 5.02 Å². The van der Waals surface area contributed by atoms with Crippen LogP contribution in [0.15, 0.2) is 18.2 Å². The van der Waals surface area contributed by atoms with Gasteiger partial charge in [-0.2, -0.15) is 11.8 Å². The first-order chi connectivity index (χ1) is 8.02. The van der Waals surface area contributed by atoms with Crippen LogP contribution >= 0.6 is 23.4 Å². The molecule has 0 aliphatic rings. The van der Waals surface area contributed by atoms with E-state index < -0.39 is 0 Å². The number of hydrazine groups is 1. The van der Waals surface area contributed by atoms with E-state index in [4.69, 9.17) is 17.4 Å². The predicted octanol–water partition coefficient (Wildman–Crippen LogP) is 3.00. The van der Waals surface area contributed by atoms with Crippen molar-refractivity contribution in [3.05, 3.63) is 34.6 Å². The van der Waals surface area contributed by atoms with E-state index in [9.17, 15) is 4.39 Å². The number of nitrogens with two attached hydrogens (primary N) is 1. The molecule has 0 spiro atoms. The number of nitrogens with one attached hydrogen (secondary N) is 1. The van der Waals surface area contributed by atoms with E-state index in [0.717, 1.165) is 11.3 Å². The Morgan fingerprint density at radius 3 is 2.71 bits per heavy atom. The van der Waals surface area contributed by atoms with Gasteiger partial charge in [-0.05, 0) is 29.4 Å². The summed E-state index contributed by atoms with van der Waals surface area (Å²) in [6.45, 7) is 4.28. The van der Waals surface area contributed by atoms with E-state index in [-0.39, 0.29) is 16.9 Å².